The molecule has 2 aliphatic heterocycles. The van der Waals surface area contributed by atoms with Crippen molar-refractivity contribution in [1.82, 2.24) is 9.55 Å². The number of aryl methyl sites for hydroxylation is 1. The molecule has 7 heteroatoms. The van der Waals surface area contributed by atoms with Crippen LogP contribution in [0, 0.1) is 12.3 Å². The maximum atomic E-state index is 12.1. The Hall–Kier alpha value is -1.44. The lowest BCUT2D eigenvalue weighted by atomic mass is 9.80. The first-order valence-corrected chi connectivity index (χ1v) is 7.46. The van der Waals surface area contributed by atoms with E-state index in [1.54, 1.807) is 13.1 Å². The molecule has 0 spiro atoms. The maximum absolute atomic E-state index is 12.1. The number of aromatic nitrogens is 2. The quantitative estimate of drug-likeness (QED) is 0.830. The fourth-order valence-electron chi connectivity index (χ4n) is 3.43. The van der Waals surface area contributed by atoms with Crippen LogP contribution in [0.25, 0.3) is 0 Å². The van der Waals surface area contributed by atoms with Crippen LogP contribution in [0.4, 0.5) is 5.82 Å². The predicted molar refractivity (Wildman–Crippen MR) is 80.3 cm³/mol. The Kier molecular flexibility index (Phi) is 3.36. The minimum atomic E-state index is -0.775. The van der Waals surface area contributed by atoms with Crippen LogP contribution in [0.3, 0.4) is 0 Å². The Balaban J connectivity index is 1.96. The second kappa shape index (κ2) is 4.78. The Bertz CT molecular complexity index is 651. The highest BCUT2D eigenvalue weighted by Crippen LogP contribution is 2.49. The van der Waals surface area contributed by atoms with Gasteiger partial charge in [-0.25, -0.2) is 4.79 Å². The molecule has 3 N–H and O–H groups in total. The summed E-state index contributed by atoms with van der Waals surface area (Å²) < 4.78 is 13.2. The average Bonchev–Trinajstić information content (AvgIpc) is 2.81. The minimum absolute atomic E-state index is 0.0334. The number of hydrogen-bond acceptors (Lipinski definition) is 6. The molecular formula is C15H23N3O4. The van der Waals surface area contributed by atoms with Crippen LogP contribution in [0.15, 0.2) is 11.0 Å². The van der Waals surface area contributed by atoms with Gasteiger partial charge in [0.05, 0.1) is 6.61 Å². The van der Waals surface area contributed by atoms with Crippen LogP contribution in [0.5, 0.6) is 0 Å². The monoisotopic (exact) mass is 309 g/mol. The van der Waals surface area contributed by atoms with Gasteiger partial charge >= 0.3 is 5.69 Å². The van der Waals surface area contributed by atoms with Crippen molar-refractivity contribution in [3.63, 3.8) is 0 Å². The Morgan fingerprint density at radius 1 is 1.55 bits per heavy atom. The number of nitrogens with two attached hydrogens (primary N) is 1. The molecule has 3 rings (SSSR count). The minimum Gasteiger partial charge on any atom is -0.387 e. The van der Waals surface area contributed by atoms with Gasteiger partial charge in [0.1, 0.15) is 23.6 Å². The number of aliphatic hydroxyl groups is 1. The molecule has 0 radical (unpaired) electrons. The van der Waals surface area contributed by atoms with Gasteiger partial charge in [0.25, 0.3) is 0 Å². The fraction of sp³-hybridized carbons (Fsp3) is 0.733. The van der Waals surface area contributed by atoms with E-state index in [0.29, 0.717) is 18.6 Å². The number of rotatable bonds is 2. The summed E-state index contributed by atoms with van der Waals surface area (Å²) in [5.74, 6) is 0.204. The highest BCUT2D eigenvalue weighted by molar-refractivity contribution is 5.35. The summed E-state index contributed by atoms with van der Waals surface area (Å²) in [4.78, 5) is 15.9. The summed E-state index contributed by atoms with van der Waals surface area (Å²) in [5.41, 5.74) is 5.03. The number of ether oxygens (including phenoxy) is 2. The molecule has 2 fully saturated rings. The molecule has 0 aliphatic carbocycles. The van der Waals surface area contributed by atoms with Gasteiger partial charge in [-0.2, -0.15) is 4.98 Å². The van der Waals surface area contributed by atoms with Gasteiger partial charge in [0.2, 0.25) is 0 Å². The van der Waals surface area contributed by atoms with Crippen molar-refractivity contribution in [3.05, 3.63) is 22.2 Å². The van der Waals surface area contributed by atoms with Crippen molar-refractivity contribution in [2.24, 2.45) is 5.41 Å². The standard InChI is InChI=1S/C15H23N3O4/c1-8-5-18(13(20)17-11(8)16)12-9-10(19)15(22-12,7-21-9)6-14(2,3)4/h5,9-10,12,19H,6-7H2,1-4H3,(H2,16,17,20)/t9?,10?,12?,15-/m1/s1. The van der Waals surface area contributed by atoms with Crippen LogP contribution in [-0.2, 0) is 9.47 Å². The summed E-state index contributed by atoms with van der Waals surface area (Å²) in [5, 5.41) is 10.6. The highest BCUT2D eigenvalue weighted by atomic mass is 16.6. The lowest BCUT2D eigenvalue weighted by molar-refractivity contribution is -0.184. The zero-order chi connectivity index (χ0) is 16.3. The number of aliphatic hydroxyl groups excluding tert-OH is 1. The molecule has 3 unspecified atom stereocenters. The van der Waals surface area contributed by atoms with Crippen LogP contribution >= 0.6 is 0 Å². The first kappa shape index (κ1) is 15.5. The maximum Gasteiger partial charge on any atom is 0.351 e. The molecule has 122 valence electrons. The van der Waals surface area contributed by atoms with E-state index in [0.717, 1.165) is 0 Å². The van der Waals surface area contributed by atoms with Crippen molar-refractivity contribution in [1.29, 1.82) is 0 Å². The third-order valence-electron chi connectivity index (χ3n) is 4.28. The lowest BCUT2D eigenvalue weighted by Gasteiger charge is -2.35. The van der Waals surface area contributed by atoms with Gasteiger partial charge in [-0.15, -0.1) is 0 Å². The van der Waals surface area contributed by atoms with E-state index in [9.17, 15) is 9.90 Å². The number of fused-ring (bicyclic) bond motifs is 2. The highest BCUT2D eigenvalue weighted by Gasteiger charge is 2.62. The topological polar surface area (TPSA) is 99.6 Å². The zero-order valence-electron chi connectivity index (χ0n) is 13.4. The smallest absolute Gasteiger partial charge is 0.351 e. The van der Waals surface area contributed by atoms with E-state index in [-0.39, 0.29) is 11.2 Å². The Labute approximate surface area is 129 Å². The molecule has 4 atom stereocenters. The zero-order valence-corrected chi connectivity index (χ0v) is 13.4. The Morgan fingerprint density at radius 3 is 2.86 bits per heavy atom. The first-order chi connectivity index (χ1) is 10.1. The van der Waals surface area contributed by atoms with Crippen LogP contribution in [-0.4, -0.2) is 39.1 Å². The van der Waals surface area contributed by atoms with E-state index in [1.807, 2.05) is 0 Å². The van der Waals surface area contributed by atoms with Crippen molar-refractivity contribution in [3.8, 4) is 0 Å². The third kappa shape index (κ3) is 2.33. The third-order valence-corrected chi connectivity index (χ3v) is 4.28. The molecule has 2 saturated heterocycles. The van der Waals surface area contributed by atoms with E-state index in [4.69, 9.17) is 15.2 Å². The normalized spacial score (nSPS) is 34.3. The summed E-state index contributed by atoms with van der Waals surface area (Å²) in [7, 11) is 0. The summed E-state index contributed by atoms with van der Waals surface area (Å²) >= 11 is 0. The van der Waals surface area contributed by atoms with Gasteiger partial charge in [0, 0.05) is 11.8 Å². The second-order valence-electron chi connectivity index (χ2n) is 7.53. The summed E-state index contributed by atoms with van der Waals surface area (Å²) in [6.45, 7) is 8.36. The number of nitrogens with zero attached hydrogens (tertiary/aromatic N) is 2. The summed E-state index contributed by atoms with van der Waals surface area (Å²) in [6, 6.07) is 0. The number of nitrogen functional groups attached to an aromatic ring is 1. The van der Waals surface area contributed by atoms with Gasteiger partial charge in [-0.05, 0) is 18.8 Å². The van der Waals surface area contributed by atoms with E-state index in [2.05, 4.69) is 25.8 Å². The number of hydrogen-bond donors (Lipinski definition) is 2. The van der Waals surface area contributed by atoms with Crippen molar-refractivity contribution >= 4 is 5.82 Å². The number of anilines is 1. The molecule has 2 aliphatic rings. The van der Waals surface area contributed by atoms with Gasteiger partial charge < -0.3 is 20.3 Å². The Morgan fingerprint density at radius 2 is 2.23 bits per heavy atom. The van der Waals surface area contributed by atoms with Crippen molar-refractivity contribution in [2.75, 3.05) is 12.3 Å². The van der Waals surface area contributed by atoms with Crippen molar-refractivity contribution in [2.45, 2.75) is 58.2 Å². The van der Waals surface area contributed by atoms with Crippen LogP contribution in [0.1, 0.15) is 39.0 Å². The second-order valence-corrected chi connectivity index (χ2v) is 7.53. The predicted octanol–water partition coefficient (Wildman–Crippen LogP) is 0.597. The SMILES string of the molecule is Cc1cn(C2O[C@]3(CC(C)(C)C)COC2C3O)c(=O)nc1N. The van der Waals surface area contributed by atoms with E-state index < -0.39 is 29.7 Å². The van der Waals surface area contributed by atoms with E-state index >= 15 is 0 Å². The summed E-state index contributed by atoms with van der Waals surface area (Å²) in [6.07, 6.45) is 0.248. The fourth-order valence-corrected chi connectivity index (χ4v) is 3.43. The molecule has 1 aromatic heterocycles. The molecule has 7 nitrogen and oxygen atoms in total. The van der Waals surface area contributed by atoms with Gasteiger partial charge in [-0.1, -0.05) is 20.8 Å². The van der Waals surface area contributed by atoms with Gasteiger partial charge in [0.15, 0.2) is 6.23 Å². The molecule has 2 bridgehead atoms. The van der Waals surface area contributed by atoms with Crippen LogP contribution in [0.2, 0.25) is 0 Å². The molecule has 0 aromatic carbocycles. The largest absolute Gasteiger partial charge is 0.387 e. The molecule has 22 heavy (non-hydrogen) atoms. The van der Waals surface area contributed by atoms with Crippen molar-refractivity contribution < 1.29 is 14.6 Å². The molecular weight excluding hydrogens is 286 g/mol. The molecule has 0 saturated carbocycles. The van der Waals surface area contributed by atoms with E-state index in [1.165, 1.54) is 4.57 Å². The average molecular weight is 309 g/mol. The van der Waals surface area contributed by atoms with Gasteiger partial charge in [-0.3, -0.25) is 4.57 Å². The first-order valence-electron chi connectivity index (χ1n) is 7.46. The van der Waals surface area contributed by atoms with Crippen LogP contribution < -0.4 is 11.4 Å². The molecule has 1 aromatic rings. The molecule has 3 heterocycles. The lowest BCUT2D eigenvalue weighted by Crippen LogP contribution is -2.44. The molecule has 0 amide bonds.